The molecular weight excluding hydrogens is 188 g/mol. The van der Waals surface area contributed by atoms with Crippen molar-refractivity contribution >= 4 is 29.0 Å². The van der Waals surface area contributed by atoms with E-state index in [1.807, 2.05) is 11.8 Å². The Morgan fingerprint density at radius 2 is 2.25 bits per heavy atom. The summed E-state index contributed by atoms with van der Waals surface area (Å²) in [7, 11) is 2.06. The molecule has 0 saturated carbocycles. The van der Waals surface area contributed by atoms with Crippen LogP contribution in [-0.2, 0) is 0 Å². The highest BCUT2D eigenvalue weighted by atomic mass is 32.2. The van der Waals surface area contributed by atoms with Gasteiger partial charge in [0.1, 0.15) is 0 Å². The quantitative estimate of drug-likeness (QED) is 0.664. The fourth-order valence-corrected chi connectivity index (χ4v) is 1.69. The van der Waals surface area contributed by atoms with Gasteiger partial charge in [0.25, 0.3) is 0 Å². The Kier molecular flexibility index (Phi) is 6.80. The standard InChI is InChI=1S/C8H18N2S2/c1-7(4-5-12-3)10(2)6-8(9)11/h7H,4-6H2,1-3H3,(H2,9,11). The molecule has 2 nitrogen and oxygen atoms in total. The third kappa shape index (κ3) is 5.80. The van der Waals surface area contributed by atoms with Gasteiger partial charge in [-0.3, -0.25) is 4.90 Å². The molecule has 0 heterocycles. The molecule has 0 spiro atoms. The highest BCUT2D eigenvalue weighted by Crippen LogP contribution is 2.05. The van der Waals surface area contributed by atoms with E-state index in [2.05, 4.69) is 25.1 Å². The van der Waals surface area contributed by atoms with Crippen molar-refractivity contribution in [3.63, 3.8) is 0 Å². The number of rotatable bonds is 6. The first-order valence-corrected chi connectivity index (χ1v) is 5.85. The van der Waals surface area contributed by atoms with Crippen molar-refractivity contribution in [1.29, 1.82) is 0 Å². The Hall–Kier alpha value is 0.200. The first-order chi connectivity index (χ1) is 5.57. The lowest BCUT2D eigenvalue weighted by Crippen LogP contribution is -2.36. The summed E-state index contributed by atoms with van der Waals surface area (Å²) in [5.74, 6) is 1.20. The van der Waals surface area contributed by atoms with Crippen molar-refractivity contribution in [3.05, 3.63) is 0 Å². The van der Waals surface area contributed by atoms with E-state index in [9.17, 15) is 0 Å². The molecule has 0 rings (SSSR count). The number of thiocarbonyl (C=S) groups is 1. The third-order valence-electron chi connectivity index (χ3n) is 1.90. The lowest BCUT2D eigenvalue weighted by atomic mass is 10.2. The van der Waals surface area contributed by atoms with Crippen LogP contribution in [0.4, 0.5) is 0 Å². The van der Waals surface area contributed by atoms with Crippen molar-refractivity contribution in [2.24, 2.45) is 5.73 Å². The molecule has 2 N–H and O–H groups in total. The van der Waals surface area contributed by atoms with Gasteiger partial charge >= 0.3 is 0 Å². The molecule has 0 fully saturated rings. The Bertz CT molecular complexity index is 139. The predicted octanol–water partition coefficient (Wildman–Crippen LogP) is 1.35. The summed E-state index contributed by atoms with van der Waals surface area (Å²) in [5, 5.41) is 0. The van der Waals surface area contributed by atoms with Crippen LogP contribution in [-0.4, -0.2) is 41.5 Å². The minimum Gasteiger partial charge on any atom is -0.392 e. The maximum atomic E-state index is 5.44. The van der Waals surface area contributed by atoms with Gasteiger partial charge < -0.3 is 5.73 Å². The highest BCUT2D eigenvalue weighted by Gasteiger charge is 2.08. The summed E-state index contributed by atoms with van der Waals surface area (Å²) in [6.07, 6.45) is 3.32. The summed E-state index contributed by atoms with van der Waals surface area (Å²) < 4.78 is 0. The van der Waals surface area contributed by atoms with Gasteiger partial charge in [0.05, 0.1) is 4.99 Å². The van der Waals surface area contributed by atoms with E-state index < -0.39 is 0 Å². The van der Waals surface area contributed by atoms with Gasteiger partial charge in [0, 0.05) is 12.6 Å². The van der Waals surface area contributed by atoms with Crippen LogP contribution in [0, 0.1) is 0 Å². The van der Waals surface area contributed by atoms with Crippen LogP contribution in [0.25, 0.3) is 0 Å². The average molecular weight is 206 g/mol. The highest BCUT2D eigenvalue weighted by molar-refractivity contribution is 7.98. The zero-order valence-corrected chi connectivity index (χ0v) is 9.67. The number of nitrogens with two attached hydrogens (primary N) is 1. The molecule has 12 heavy (non-hydrogen) atoms. The predicted molar refractivity (Wildman–Crippen MR) is 61.9 cm³/mol. The van der Waals surface area contributed by atoms with Crippen molar-refractivity contribution in [3.8, 4) is 0 Å². The molecule has 0 aliphatic heterocycles. The Labute approximate surface area is 84.9 Å². The lowest BCUT2D eigenvalue weighted by molar-refractivity contribution is 0.288. The van der Waals surface area contributed by atoms with Gasteiger partial charge in [-0.05, 0) is 32.4 Å². The summed E-state index contributed by atoms with van der Waals surface area (Å²) in [4.78, 5) is 2.77. The zero-order chi connectivity index (χ0) is 9.56. The van der Waals surface area contributed by atoms with Crippen molar-refractivity contribution < 1.29 is 0 Å². The van der Waals surface area contributed by atoms with Gasteiger partial charge in [-0.25, -0.2) is 0 Å². The normalized spacial score (nSPS) is 13.3. The number of hydrogen-bond acceptors (Lipinski definition) is 3. The van der Waals surface area contributed by atoms with Crippen LogP contribution in [0.1, 0.15) is 13.3 Å². The zero-order valence-electron chi connectivity index (χ0n) is 8.04. The molecular formula is C8H18N2S2. The van der Waals surface area contributed by atoms with E-state index in [1.165, 1.54) is 12.2 Å². The maximum Gasteiger partial charge on any atom is 0.0870 e. The number of nitrogens with zero attached hydrogens (tertiary/aromatic N) is 1. The van der Waals surface area contributed by atoms with Crippen LogP contribution < -0.4 is 5.73 Å². The molecule has 1 unspecified atom stereocenters. The molecule has 0 amide bonds. The molecule has 0 bridgehead atoms. The maximum absolute atomic E-state index is 5.44. The molecule has 0 aromatic heterocycles. The lowest BCUT2D eigenvalue weighted by Gasteiger charge is -2.23. The topological polar surface area (TPSA) is 29.3 Å². The third-order valence-corrected chi connectivity index (χ3v) is 2.67. The average Bonchev–Trinajstić information content (AvgIpc) is 1.98. The van der Waals surface area contributed by atoms with E-state index in [0.717, 1.165) is 6.54 Å². The molecule has 0 aliphatic carbocycles. The van der Waals surface area contributed by atoms with E-state index in [0.29, 0.717) is 11.0 Å². The molecule has 1 atom stereocenters. The van der Waals surface area contributed by atoms with Gasteiger partial charge in [-0.2, -0.15) is 11.8 Å². The minimum absolute atomic E-state index is 0.568. The molecule has 0 aliphatic rings. The van der Waals surface area contributed by atoms with Gasteiger partial charge in [-0.1, -0.05) is 12.2 Å². The number of likely N-dealkylation sites (N-methyl/N-ethyl adjacent to an activating group) is 1. The summed E-state index contributed by atoms with van der Waals surface area (Å²) in [5.41, 5.74) is 5.44. The smallest absolute Gasteiger partial charge is 0.0870 e. The second-order valence-electron chi connectivity index (χ2n) is 3.01. The van der Waals surface area contributed by atoms with Gasteiger partial charge in [0.15, 0.2) is 0 Å². The van der Waals surface area contributed by atoms with Crippen LogP contribution in [0.2, 0.25) is 0 Å². The Morgan fingerprint density at radius 1 is 1.67 bits per heavy atom. The monoisotopic (exact) mass is 206 g/mol. The van der Waals surface area contributed by atoms with Crippen LogP contribution >= 0.6 is 24.0 Å². The SMILES string of the molecule is CSCCC(C)N(C)CC(N)=S. The van der Waals surface area contributed by atoms with Crippen LogP contribution in [0.15, 0.2) is 0 Å². The second-order valence-corrected chi connectivity index (χ2v) is 4.52. The largest absolute Gasteiger partial charge is 0.392 e. The molecule has 72 valence electrons. The van der Waals surface area contributed by atoms with Gasteiger partial charge in [-0.15, -0.1) is 0 Å². The fourth-order valence-electron chi connectivity index (χ4n) is 0.910. The second kappa shape index (κ2) is 6.69. The van der Waals surface area contributed by atoms with Crippen molar-refractivity contribution in [2.45, 2.75) is 19.4 Å². The number of thioether (sulfide) groups is 1. The molecule has 4 heteroatoms. The van der Waals surface area contributed by atoms with E-state index in [1.54, 1.807) is 0 Å². The van der Waals surface area contributed by atoms with E-state index in [4.69, 9.17) is 18.0 Å². The number of hydrogen-bond donors (Lipinski definition) is 1. The van der Waals surface area contributed by atoms with Gasteiger partial charge in [0.2, 0.25) is 0 Å². The first kappa shape index (κ1) is 12.2. The first-order valence-electron chi connectivity index (χ1n) is 4.05. The summed E-state index contributed by atoms with van der Waals surface area (Å²) in [6, 6.07) is 0.568. The summed E-state index contributed by atoms with van der Waals surface area (Å²) >= 11 is 6.71. The molecule has 0 aromatic rings. The molecule has 0 radical (unpaired) electrons. The van der Waals surface area contributed by atoms with Crippen LogP contribution in [0.3, 0.4) is 0 Å². The van der Waals surface area contributed by atoms with E-state index >= 15 is 0 Å². The van der Waals surface area contributed by atoms with Crippen LogP contribution in [0.5, 0.6) is 0 Å². The van der Waals surface area contributed by atoms with E-state index in [-0.39, 0.29) is 0 Å². The molecule has 0 aromatic carbocycles. The Morgan fingerprint density at radius 3 is 2.67 bits per heavy atom. The molecule has 0 saturated heterocycles. The summed E-state index contributed by atoms with van der Waals surface area (Å²) in [6.45, 7) is 2.93. The van der Waals surface area contributed by atoms with Crippen molar-refractivity contribution in [1.82, 2.24) is 4.90 Å². The Balaban J connectivity index is 3.60. The van der Waals surface area contributed by atoms with Crippen molar-refractivity contribution in [2.75, 3.05) is 25.6 Å². The minimum atomic E-state index is 0.568. The fraction of sp³-hybridized carbons (Fsp3) is 0.875.